The molecule has 2 saturated carbocycles. The number of hydrogen-bond acceptors (Lipinski definition) is 7. The molecular formula is C35H49N5O4S. The quantitative estimate of drug-likeness (QED) is 0.359. The Bertz CT molecular complexity index is 1370. The molecule has 1 aromatic carbocycles. The molecule has 2 aliphatic carbocycles. The third-order valence-electron chi connectivity index (χ3n) is 9.70. The van der Waals surface area contributed by atoms with Crippen LogP contribution in [0, 0.1) is 5.89 Å². The summed E-state index contributed by atoms with van der Waals surface area (Å²) in [6, 6.07) is 6.96. The molecule has 0 bridgehead atoms. The van der Waals surface area contributed by atoms with Crippen LogP contribution in [0.15, 0.2) is 35.7 Å². The highest BCUT2D eigenvalue weighted by Gasteiger charge is 2.41. The number of amides is 3. The minimum absolute atomic E-state index is 0.000460. The summed E-state index contributed by atoms with van der Waals surface area (Å²) in [7, 11) is 0. The Morgan fingerprint density at radius 3 is 2.60 bits per heavy atom. The zero-order valence-electron chi connectivity index (χ0n) is 28.3. The first-order valence-electron chi connectivity index (χ1n) is 17.9. The number of carbonyl (C=O) groups is 3. The zero-order chi connectivity index (χ0) is 32.9. The van der Waals surface area contributed by atoms with E-state index in [-0.39, 0.29) is 31.4 Å². The molecule has 1 saturated heterocycles. The molecule has 2 aromatic rings. The lowest BCUT2D eigenvalue weighted by Crippen LogP contribution is -2.64. The predicted molar refractivity (Wildman–Crippen MR) is 176 cm³/mol. The van der Waals surface area contributed by atoms with Gasteiger partial charge in [-0.15, -0.1) is 11.3 Å². The normalized spacial score (nSPS) is 24.0. The molecule has 4 aliphatic rings. The molecule has 3 amide bonds. The van der Waals surface area contributed by atoms with E-state index in [1.807, 2.05) is 29.6 Å². The first-order chi connectivity index (χ1) is 22.7. The fourth-order valence-electron chi connectivity index (χ4n) is 7.14. The van der Waals surface area contributed by atoms with Gasteiger partial charge in [0.2, 0.25) is 11.8 Å². The molecule has 0 spiro atoms. The number of benzene rings is 1. The van der Waals surface area contributed by atoms with Crippen LogP contribution in [0.2, 0.25) is 0 Å². The van der Waals surface area contributed by atoms with Gasteiger partial charge in [-0.1, -0.05) is 63.5 Å². The van der Waals surface area contributed by atoms with Crippen LogP contribution in [-0.2, 0) is 29.1 Å². The van der Waals surface area contributed by atoms with Crippen LogP contribution in [0.25, 0.3) is 0 Å². The molecule has 6 rings (SSSR count). The van der Waals surface area contributed by atoms with E-state index in [9.17, 15) is 17.1 Å². The number of carbonyl (C=O) groups excluding carboxylic acids is 3. The number of rotatable bonds is 9. The van der Waals surface area contributed by atoms with E-state index in [4.69, 9.17) is 4.74 Å². The van der Waals surface area contributed by atoms with Crippen molar-refractivity contribution in [1.29, 1.82) is 0 Å². The van der Waals surface area contributed by atoms with Gasteiger partial charge in [-0.25, -0.2) is 4.79 Å². The van der Waals surface area contributed by atoms with Crippen LogP contribution in [0.4, 0.5) is 4.79 Å². The number of nitrogens with zero attached hydrogens (tertiary/aromatic N) is 2. The lowest BCUT2D eigenvalue weighted by molar-refractivity contribution is -0.145. The SMILES string of the molecule is [2H]C1(C[C@H](NC2([2H])CCCCC2)C(=O)N2CCN(C(=O)Oc3ccc4c(c3)CCNC4)C[C@H]2C(=O)NCc2cccs2)CCCCC1. The van der Waals surface area contributed by atoms with Crippen LogP contribution in [0.3, 0.4) is 0 Å². The Labute approximate surface area is 274 Å². The van der Waals surface area contributed by atoms with Crippen LogP contribution < -0.4 is 20.7 Å². The fourth-order valence-corrected chi connectivity index (χ4v) is 7.78. The summed E-state index contributed by atoms with van der Waals surface area (Å²) in [6.07, 6.45) is 9.37. The number of thiophene rings is 1. The second-order valence-corrected chi connectivity index (χ2v) is 13.9. The van der Waals surface area contributed by atoms with Crippen molar-refractivity contribution in [2.75, 3.05) is 26.2 Å². The van der Waals surface area contributed by atoms with Crippen LogP contribution >= 0.6 is 11.3 Å². The second kappa shape index (κ2) is 15.6. The first kappa shape index (κ1) is 29.5. The van der Waals surface area contributed by atoms with Crippen LogP contribution in [-0.4, -0.2) is 72.0 Å². The van der Waals surface area contributed by atoms with Gasteiger partial charge in [-0.3, -0.25) is 9.59 Å². The zero-order valence-corrected chi connectivity index (χ0v) is 27.1. The molecule has 45 heavy (non-hydrogen) atoms. The van der Waals surface area contributed by atoms with E-state index < -0.39 is 30.1 Å². The average molecular weight is 638 g/mol. The van der Waals surface area contributed by atoms with Crippen molar-refractivity contribution in [3.63, 3.8) is 0 Å². The van der Waals surface area contributed by atoms with Crippen molar-refractivity contribution in [3.8, 4) is 5.75 Å². The summed E-state index contributed by atoms with van der Waals surface area (Å²) < 4.78 is 24.2. The standard InChI is InChI=1S/C35H49N5O4S/c41-33(37-23-30-12-7-19-45-30)32-24-39(35(43)44-29-14-13-27-22-36-16-15-26(27)21-29)17-18-40(32)34(42)31(20-25-8-3-1-4-9-25)38-28-10-5-2-6-11-28/h7,12-14,19,21,25,28,31-32,36,38H,1-6,8-11,15-18,20,22-24H2,(H,37,41)/t31-,32-/m0/s1/i25D,28D. The van der Waals surface area contributed by atoms with Crippen LogP contribution in [0.5, 0.6) is 5.75 Å². The van der Waals surface area contributed by atoms with Crippen LogP contribution in [0.1, 0.15) is 89.4 Å². The number of ether oxygens (including phenoxy) is 1. The van der Waals surface area contributed by atoms with Gasteiger partial charge >= 0.3 is 6.09 Å². The number of fused-ring (bicyclic) bond motifs is 1. The van der Waals surface area contributed by atoms with E-state index in [1.165, 1.54) is 10.5 Å². The molecule has 0 radical (unpaired) electrons. The Morgan fingerprint density at radius 1 is 1.02 bits per heavy atom. The maximum atomic E-state index is 14.6. The molecule has 3 fully saturated rings. The lowest BCUT2D eigenvalue weighted by Gasteiger charge is -2.42. The van der Waals surface area contributed by atoms with Gasteiger partial charge in [0, 0.05) is 33.3 Å². The summed E-state index contributed by atoms with van der Waals surface area (Å²) in [6.45, 7) is 2.38. The summed E-state index contributed by atoms with van der Waals surface area (Å²) in [4.78, 5) is 46.0. The molecule has 3 N–H and O–H groups in total. The highest BCUT2D eigenvalue weighted by Crippen LogP contribution is 2.30. The third kappa shape index (κ3) is 8.45. The third-order valence-corrected chi connectivity index (χ3v) is 10.6. The lowest BCUT2D eigenvalue weighted by atomic mass is 9.83. The summed E-state index contributed by atoms with van der Waals surface area (Å²) in [5.41, 5.74) is 2.35. The van der Waals surface area contributed by atoms with Gasteiger partial charge in [0.05, 0.1) is 19.1 Å². The van der Waals surface area contributed by atoms with E-state index in [0.29, 0.717) is 31.6 Å². The molecule has 2 aliphatic heterocycles. The first-order valence-corrected chi connectivity index (χ1v) is 17.8. The van der Waals surface area contributed by atoms with Crippen molar-refractivity contribution in [3.05, 3.63) is 51.7 Å². The van der Waals surface area contributed by atoms with Gasteiger partial charge in [0.1, 0.15) is 11.8 Å². The monoisotopic (exact) mass is 637 g/mol. The Kier molecular flexibility index (Phi) is 10.2. The topological polar surface area (TPSA) is 103 Å². The van der Waals surface area contributed by atoms with Gasteiger partial charge < -0.3 is 30.5 Å². The van der Waals surface area contributed by atoms with Gasteiger partial charge in [-0.2, -0.15) is 0 Å². The number of nitrogens with one attached hydrogen (secondary N) is 3. The highest BCUT2D eigenvalue weighted by molar-refractivity contribution is 7.09. The summed E-state index contributed by atoms with van der Waals surface area (Å²) in [5.74, 6) is -0.865. The number of piperazine rings is 1. The van der Waals surface area contributed by atoms with E-state index in [0.717, 1.165) is 81.3 Å². The van der Waals surface area contributed by atoms with Gasteiger partial charge in [0.25, 0.3) is 0 Å². The Morgan fingerprint density at radius 2 is 1.82 bits per heavy atom. The minimum atomic E-state index is -0.933. The van der Waals surface area contributed by atoms with E-state index >= 15 is 0 Å². The fraction of sp³-hybridized carbons (Fsp3) is 0.629. The molecule has 3 heterocycles. The predicted octanol–water partition coefficient (Wildman–Crippen LogP) is 4.98. The van der Waals surface area contributed by atoms with Crippen molar-refractivity contribution in [2.45, 2.75) is 108 Å². The maximum absolute atomic E-state index is 14.6. The highest BCUT2D eigenvalue weighted by atomic mass is 32.1. The van der Waals surface area contributed by atoms with E-state index in [2.05, 4.69) is 16.0 Å². The molecule has 1 aromatic heterocycles. The number of hydrogen-bond donors (Lipinski definition) is 3. The summed E-state index contributed by atoms with van der Waals surface area (Å²) in [5, 5.41) is 11.7. The van der Waals surface area contributed by atoms with Crippen molar-refractivity contribution >= 4 is 29.2 Å². The Balaban J connectivity index is 1.21. The molecule has 244 valence electrons. The van der Waals surface area contributed by atoms with Crippen molar-refractivity contribution < 1.29 is 21.9 Å². The minimum Gasteiger partial charge on any atom is -0.410 e. The van der Waals surface area contributed by atoms with Gasteiger partial charge in [-0.05, 0) is 72.8 Å². The Hall–Kier alpha value is -2.95. The molecule has 0 unspecified atom stereocenters. The van der Waals surface area contributed by atoms with Gasteiger partial charge in [0.15, 0.2) is 0 Å². The van der Waals surface area contributed by atoms with Crippen molar-refractivity contribution in [2.24, 2.45) is 5.89 Å². The maximum Gasteiger partial charge on any atom is 0.415 e. The molecule has 9 nitrogen and oxygen atoms in total. The average Bonchev–Trinajstić information content (AvgIpc) is 3.60. The summed E-state index contributed by atoms with van der Waals surface area (Å²) >= 11 is 1.54. The largest absolute Gasteiger partial charge is 0.415 e. The molecule has 2 atom stereocenters. The molecular weight excluding hydrogens is 586 g/mol. The van der Waals surface area contributed by atoms with Crippen molar-refractivity contribution in [1.82, 2.24) is 25.8 Å². The smallest absolute Gasteiger partial charge is 0.410 e. The second-order valence-electron chi connectivity index (χ2n) is 12.9. The molecule has 10 heteroatoms. The van der Waals surface area contributed by atoms with E-state index in [1.54, 1.807) is 22.3 Å².